The molecule has 49 heavy (non-hydrogen) atoms. The molecule has 4 nitrogen and oxygen atoms in total. The van der Waals surface area contributed by atoms with Crippen molar-refractivity contribution >= 4 is 21.8 Å². The van der Waals surface area contributed by atoms with Gasteiger partial charge >= 0.3 is 0 Å². The molecule has 0 radical (unpaired) electrons. The van der Waals surface area contributed by atoms with E-state index in [1.165, 1.54) is 16.7 Å². The van der Waals surface area contributed by atoms with Crippen LogP contribution >= 0.6 is 0 Å². The Balaban J connectivity index is 1.34. The molecule has 0 saturated heterocycles. The van der Waals surface area contributed by atoms with Gasteiger partial charge in [0.2, 0.25) is 0 Å². The van der Waals surface area contributed by atoms with Crippen molar-refractivity contribution in [3.63, 3.8) is 0 Å². The van der Waals surface area contributed by atoms with Gasteiger partial charge in [-0.1, -0.05) is 145 Å². The second-order valence-electron chi connectivity index (χ2n) is 11.3. The summed E-state index contributed by atoms with van der Waals surface area (Å²) in [7, 11) is 0. The van der Waals surface area contributed by atoms with Crippen LogP contribution in [0, 0.1) is 0 Å². The molecule has 0 aliphatic carbocycles. The third kappa shape index (κ3) is 5.35. The maximum absolute atomic E-state index is 9.04. The summed E-state index contributed by atoms with van der Waals surface area (Å²) < 4.78 is 97.3. The fourth-order valence-corrected chi connectivity index (χ4v) is 5.99. The maximum Gasteiger partial charge on any atom is 0.164 e. The van der Waals surface area contributed by atoms with Crippen LogP contribution in [0.15, 0.2) is 182 Å². The van der Waals surface area contributed by atoms with Gasteiger partial charge in [-0.3, -0.25) is 0 Å². The van der Waals surface area contributed by atoms with Crippen molar-refractivity contribution in [1.29, 1.82) is 0 Å². The predicted octanol–water partition coefficient (Wildman–Crippen LogP) is 11.3. The number of benzene rings is 7. The largest absolute Gasteiger partial charge is 0.309 e. The minimum absolute atomic E-state index is 0.0603. The summed E-state index contributed by atoms with van der Waals surface area (Å²) in [5, 5.41) is 0.121. The van der Waals surface area contributed by atoms with Crippen LogP contribution in [0.5, 0.6) is 0 Å². The van der Waals surface area contributed by atoms with Crippen LogP contribution < -0.4 is 0 Å². The highest BCUT2D eigenvalue weighted by Gasteiger charge is 2.16. The fourth-order valence-electron chi connectivity index (χ4n) is 5.99. The standard InChI is InChI=1S/C45H30N4/c1-4-15-31(16-5-1)36-28-37(30-38(29-36)49-41-25-12-10-23-39(41)40-24-11-13-26-42(40)49)34-21-14-22-35(27-34)45-47-43(32-17-6-2-7-18-32)46-44(48-45)33-19-8-3-9-20-33/h1-30H/i1D,4D,5D,10D,11D,15D,16D,23D,24D,25D,26D. The smallest absolute Gasteiger partial charge is 0.164 e. The molecule has 0 spiro atoms. The van der Waals surface area contributed by atoms with Crippen molar-refractivity contribution in [2.75, 3.05) is 0 Å². The van der Waals surface area contributed by atoms with E-state index in [1.54, 1.807) is 18.2 Å². The lowest BCUT2D eigenvalue weighted by molar-refractivity contribution is 1.07. The first-order chi connectivity index (χ1) is 28.8. The van der Waals surface area contributed by atoms with Gasteiger partial charge in [-0.15, -0.1) is 0 Å². The van der Waals surface area contributed by atoms with Crippen LogP contribution in [0.2, 0.25) is 0 Å². The van der Waals surface area contributed by atoms with E-state index in [0.717, 1.165) is 11.1 Å². The van der Waals surface area contributed by atoms with Crippen LogP contribution in [0.1, 0.15) is 15.1 Å². The molecule has 0 atom stereocenters. The first kappa shape index (κ1) is 19.2. The highest BCUT2D eigenvalue weighted by atomic mass is 15.0. The zero-order chi connectivity index (χ0) is 42.1. The molecule has 4 heteroatoms. The molecule has 0 aliphatic rings. The van der Waals surface area contributed by atoms with Crippen molar-refractivity contribution in [3.05, 3.63) is 182 Å². The summed E-state index contributed by atoms with van der Waals surface area (Å²) >= 11 is 0. The van der Waals surface area contributed by atoms with E-state index in [1.807, 2.05) is 84.9 Å². The third-order valence-electron chi connectivity index (χ3n) is 8.25. The van der Waals surface area contributed by atoms with Crippen molar-refractivity contribution in [1.82, 2.24) is 19.5 Å². The van der Waals surface area contributed by atoms with Gasteiger partial charge in [0.05, 0.1) is 26.1 Å². The van der Waals surface area contributed by atoms with Gasteiger partial charge in [0, 0.05) is 33.2 Å². The van der Waals surface area contributed by atoms with Crippen LogP contribution in [0.3, 0.4) is 0 Å². The average molecular weight is 638 g/mol. The van der Waals surface area contributed by atoms with Crippen LogP contribution in [0.25, 0.3) is 83.9 Å². The summed E-state index contributed by atoms with van der Waals surface area (Å²) in [4.78, 5) is 14.6. The molecule has 0 fully saturated rings. The Kier molecular flexibility index (Phi) is 4.78. The molecule has 0 unspecified atom stereocenters. The Morgan fingerprint density at radius 2 is 0.857 bits per heavy atom. The Morgan fingerprint density at radius 1 is 0.367 bits per heavy atom. The number of fused-ring (bicyclic) bond motifs is 3. The summed E-state index contributed by atoms with van der Waals surface area (Å²) in [5.74, 6) is 1.32. The quantitative estimate of drug-likeness (QED) is 0.182. The maximum atomic E-state index is 9.04. The predicted molar refractivity (Wildman–Crippen MR) is 201 cm³/mol. The first-order valence-electron chi connectivity index (χ1n) is 21.0. The van der Waals surface area contributed by atoms with Crippen molar-refractivity contribution < 1.29 is 15.1 Å². The van der Waals surface area contributed by atoms with Crippen LogP contribution in [-0.2, 0) is 0 Å². The van der Waals surface area contributed by atoms with Gasteiger partial charge in [-0.2, -0.15) is 0 Å². The SMILES string of the molecule is [2H]c1cc([2H])c2c(c1[2H])c1c([2H])c([2H])cc([2H])c1n2-c1cc(-c2cccc(-c3nc(-c4ccccc4)nc(-c4ccccc4)n3)c2)cc(-c2c([2H])c([2H])c([2H])c([2H])c2[2H])c1. The van der Waals surface area contributed by atoms with E-state index < -0.39 is 30.2 Å². The lowest BCUT2D eigenvalue weighted by atomic mass is 9.96. The van der Waals surface area contributed by atoms with Crippen LogP contribution in [0.4, 0.5) is 0 Å². The summed E-state index contributed by atoms with van der Waals surface area (Å²) in [6.07, 6.45) is 0. The van der Waals surface area contributed by atoms with E-state index in [-0.39, 0.29) is 74.9 Å². The second-order valence-corrected chi connectivity index (χ2v) is 11.3. The molecule has 0 N–H and O–H groups in total. The highest BCUT2D eigenvalue weighted by molar-refractivity contribution is 6.09. The van der Waals surface area contributed by atoms with Gasteiger partial charge in [0.25, 0.3) is 0 Å². The van der Waals surface area contributed by atoms with E-state index in [2.05, 4.69) is 0 Å². The summed E-state index contributed by atoms with van der Waals surface area (Å²) in [5.41, 5.74) is 4.00. The van der Waals surface area contributed by atoms with E-state index in [4.69, 9.17) is 30.0 Å². The Morgan fingerprint density at radius 3 is 1.45 bits per heavy atom. The fraction of sp³-hybridized carbons (Fsp3) is 0. The normalized spacial score (nSPS) is 14.4. The van der Waals surface area contributed by atoms with E-state index in [0.29, 0.717) is 34.2 Å². The Bertz CT molecular complexity index is 3070. The third-order valence-corrected chi connectivity index (χ3v) is 8.25. The van der Waals surface area contributed by atoms with Crippen molar-refractivity contribution in [2.45, 2.75) is 0 Å². The van der Waals surface area contributed by atoms with E-state index >= 15 is 0 Å². The number of aromatic nitrogens is 4. The number of rotatable bonds is 6. The van der Waals surface area contributed by atoms with Gasteiger partial charge < -0.3 is 4.57 Å². The average Bonchev–Trinajstić information content (AvgIpc) is 3.64. The minimum atomic E-state index is -0.552. The molecule has 2 aromatic heterocycles. The topological polar surface area (TPSA) is 43.6 Å². The Hall–Kier alpha value is -6.65. The van der Waals surface area contributed by atoms with Gasteiger partial charge in [-0.05, 0) is 58.6 Å². The molecule has 2 heterocycles. The molecule has 7 aromatic carbocycles. The number of nitrogens with zero attached hydrogens (tertiary/aromatic N) is 4. The lowest BCUT2D eigenvalue weighted by Gasteiger charge is -2.15. The number of para-hydroxylation sites is 2. The minimum Gasteiger partial charge on any atom is -0.309 e. The zero-order valence-electron chi connectivity index (χ0n) is 36.8. The summed E-state index contributed by atoms with van der Waals surface area (Å²) in [6, 6.07) is 30.0. The van der Waals surface area contributed by atoms with Gasteiger partial charge in [0.1, 0.15) is 0 Å². The van der Waals surface area contributed by atoms with Crippen LogP contribution in [-0.4, -0.2) is 19.5 Å². The lowest BCUT2D eigenvalue weighted by Crippen LogP contribution is -2.00. The second kappa shape index (κ2) is 12.2. The molecule has 0 saturated carbocycles. The number of hydrogen-bond donors (Lipinski definition) is 0. The monoisotopic (exact) mass is 637 g/mol. The molecule has 0 amide bonds. The number of hydrogen-bond acceptors (Lipinski definition) is 3. The summed E-state index contributed by atoms with van der Waals surface area (Å²) in [6.45, 7) is 0. The molecule has 9 rings (SSSR count). The molecule has 230 valence electrons. The molecular formula is C45H30N4. The molecule has 9 aromatic rings. The van der Waals surface area contributed by atoms with Crippen molar-refractivity contribution in [3.8, 4) is 62.1 Å². The molecule has 0 bridgehead atoms. The Labute approximate surface area is 300 Å². The highest BCUT2D eigenvalue weighted by Crippen LogP contribution is 2.37. The zero-order valence-corrected chi connectivity index (χ0v) is 25.8. The van der Waals surface area contributed by atoms with E-state index in [9.17, 15) is 0 Å². The molecular weight excluding hydrogens is 597 g/mol. The van der Waals surface area contributed by atoms with Crippen molar-refractivity contribution in [2.24, 2.45) is 0 Å². The molecule has 0 aliphatic heterocycles. The van der Waals surface area contributed by atoms with Gasteiger partial charge in [0.15, 0.2) is 17.5 Å². The first-order valence-corrected chi connectivity index (χ1v) is 15.5. The van der Waals surface area contributed by atoms with Gasteiger partial charge in [-0.25, -0.2) is 15.0 Å².